The number of rotatable bonds is 4. The average molecular weight is 237 g/mol. The van der Waals surface area contributed by atoms with Crippen molar-refractivity contribution in [1.82, 2.24) is 4.98 Å². The Kier molecular flexibility index (Phi) is 3.93. The Morgan fingerprint density at radius 1 is 1.59 bits per heavy atom. The van der Waals surface area contributed by atoms with E-state index in [0.29, 0.717) is 12.2 Å². The summed E-state index contributed by atoms with van der Waals surface area (Å²) in [7, 11) is 3.28. The summed E-state index contributed by atoms with van der Waals surface area (Å²) in [5.41, 5.74) is 6.70. The number of aromatic nitrogens is 1. The van der Waals surface area contributed by atoms with Gasteiger partial charge in [0.1, 0.15) is 0 Å². The number of esters is 1. The van der Waals surface area contributed by atoms with E-state index in [1.165, 1.54) is 7.11 Å². The molecule has 0 aliphatic carbocycles. The Bertz CT molecular complexity index is 404. The summed E-state index contributed by atoms with van der Waals surface area (Å²) < 4.78 is 4.77. The van der Waals surface area contributed by atoms with Crippen molar-refractivity contribution in [1.29, 1.82) is 0 Å². The first-order valence-electron chi connectivity index (χ1n) is 5.37. The molecule has 1 aromatic rings. The summed E-state index contributed by atoms with van der Waals surface area (Å²) in [6.45, 7) is 4.20. The van der Waals surface area contributed by atoms with Crippen LogP contribution in [0.2, 0.25) is 0 Å². The van der Waals surface area contributed by atoms with Gasteiger partial charge in [-0.3, -0.25) is 9.78 Å². The van der Waals surface area contributed by atoms with Gasteiger partial charge < -0.3 is 15.4 Å². The van der Waals surface area contributed by atoms with Crippen LogP contribution in [0.25, 0.3) is 0 Å². The highest BCUT2D eigenvalue weighted by molar-refractivity contribution is 5.77. The summed E-state index contributed by atoms with van der Waals surface area (Å²) in [5, 5.41) is 0. The topological polar surface area (TPSA) is 68.5 Å². The molecular formula is C12H19N3O2. The normalized spacial score (nSPS) is 11.1. The Balaban J connectivity index is 2.83. The van der Waals surface area contributed by atoms with Gasteiger partial charge in [0.2, 0.25) is 0 Å². The number of methoxy groups -OCH3 is 1. The number of nitrogens with two attached hydrogens (primary N) is 1. The molecule has 0 aliphatic rings. The maximum Gasteiger partial charge on any atom is 0.313 e. The lowest BCUT2D eigenvalue weighted by Crippen LogP contribution is -2.38. The van der Waals surface area contributed by atoms with Gasteiger partial charge in [-0.05, 0) is 19.9 Å². The van der Waals surface area contributed by atoms with Crippen molar-refractivity contribution < 1.29 is 9.53 Å². The first-order valence-corrected chi connectivity index (χ1v) is 5.37. The lowest BCUT2D eigenvalue weighted by molar-refractivity contribution is -0.150. The highest BCUT2D eigenvalue weighted by Crippen LogP contribution is 2.25. The van der Waals surface area contributed by atoms with E-state index in [0.717, 1.165) is 5.69 Å². The monoisotopic (exact) mass is 237 g/mol. The van der Waals surface area contributed by atoms with Gasteiger partial charge in [-0.1, -0.05) is 0 Å². The molecule has 0 saturated heterocycles. The van der Waals surface area contributed by atoms with Gasteiger partial charge in [-0.15, -0.1) is 0 Å². The van der Waals surface area contributed by atoms with Crippen LogP contribution in [0.15, 0.2) is 18.5 Å². The molecule has 5 nitrogen and oxygen atoms in total. The molecule has 2 N–H and O–H groups in total. The standard InChI is InChI=1S/C12H19N3O2/c1-12(2,11(16)17-4)8-15(3)10-5-6-14-7-9(10)13/h5-7H,8,13H2,1-4H3. The number of pyridine rings is 1. The van der Waals surface area contributed by atoms with E-state index in [-0.39, 0.29) is 5.97 Å². The van der Waals surface area contributed by atoms with Crippen LogP contribution in [0.1, 0.15) is 13.8 Å². The Morgan fingerprint density at radius 2 is 2.24 bits per heavy atom. The summed E-state index contributed by atoms with van der Waals surface area (Å²) in [6, 6.07) is 1.82. The molecule has 0 amide bonds. The highest BCUT2D eigenvalue weighted by atomic mass is 16.5. The molecule has 0 spiro atoms. The fraction of sp³-hybridized carbons (Fsp3) is 0.500. The second kappa shape index (κ2) is 5.03. The number of nitrogen functional groups attached to an aromatic ring is 1. The van der Waals surface area contributed by atoms with Gasteiger partial charge in [0.05, 0.1) is 30.1 Å². The van der Waals surface area contributed by atoms with Gasteiger partial charge in [0.25, 0.3) is 0 Å². The summed E-state index contributed by atoms with van der Waals surface area (Å²) >= 11 is 0. The van der Waals surface area contributed by atoms with E-state index >= 15 is 0 Å². The minimum absolute atomic E-state index is 0.239. The van der Waals surface area contributed by atoms with Crippen LogP contribution in [-0.4, -0.2) is 31.7 Å². The minimum atomic E-state index is -0.584. The van der Waals surface area contributed by atoms with Gasteiger partial charge in [0, 0.05) is 19.8 Å². The second-order valence-electron chi connectivity index (χ2n) is 4.67. The number of hydrogen-bond donors (Lipinski definition) is 1. The second-order valence-corrected chi connectivity index (χ2v) is 4.67. The van der Waals surface area contributed by atoms with Crippen molar-refractivity contribution in [2.45, 2.75) is 13.8 Å². The van der Waals surface area contributed by atoms with Crippen molar-refractivity contribution >= 4 is 17.3 Å². The van der Waals surface area contributed by atoms with E-state index in [1.54, 1.807) is 12.4 Å². The van der Waals surface area contributed by atoms with E-state index in [2.05, 4.69) is 4.98 Å². The number of ether oxygens (including phenoxy) is 1. The van der Waals surface area contributed by atoms with E-state index < -0.39 is 5.41 Å². The van der Waals surface area contributed by atoms with Crippen molar-refractivity contribution in [2.24, 2.45) is 5.41 Å². The molecule has 0 aromatic carbocycles. The fourth-order valence-electron chi connectivity index (χ4n) is 1.77. The smallest absolute Gasteiger partial charge is 0.313 e. The molecule has 0 fully saturated rings. The van der Waals surface area contributed by atoms with Crippen LogP contribution in [0, 0.1) is 5.41 Å². The zero-order valence-electron chi connectivity index (χ0n) is 10.7. The van der Waals surface area contributed by atoms with E-state index in [4.69, 9.17) is 10.5 Å². The molecule has 0 aliphatic heterocycles. The maximum absolute atomic E-state index is 11.6. The van der Waals surface area contributed by atoms with E-state index in [9.17, 15) is 4.79 Å². The van der Waals surface area contributed by atoms with Gasteiger partial charge >= 0.3 is 5.97 Å². The summed E-state index contributed by atoms with van der Waals surface area (Å²) in [6.07, 6.45) is 3.27. The summed E-state index contributed by atoms with van der Waals surface area (Å²) in [4.78, 5) is 17.4. The van der Waals surface area contributed by atoms with Crippen molar-refractivity contribution in [3.63, 3.8) is 0 Å². The number of carbonyl (C=O) groups is 1. The third kappa shape index (κ3) is 3.09. The molecule has 0 atom stereocenters. The van der Waals surface area contributed by atoms with Gasteiger partial charge in [-0.2, -0.15) is 0 Å². The molecule has 0 bridgehead atoms. The molecule has 94 valence electrons. The Morgan fingerprint density at radius 3 is 2.76 bits per heavy atom. The zero-order chi connectivity index (χ0) is 13.1. The molecule has 1 heterocycles. The maximum atomic E-state index is 11.6. The lowest BCUT2D eigenvalue weighted by atomic mass is 9.93. The van der Waals surface area contributed by atoms with Crippen LogP contribution < -0.4 is 10.6 Å². The molecule has 0 saturated carbocycles. The van der Waals surface area contributed by atoms with Crippen molar-refractivity contribution in [3.05, 3.63) is 18.5 Å². The minimum Gasteiger partial charge on any atom is -0.469 e. The van der Waals surface area contributed by atoms with Crippen LogP contribution in [0.4, 0.5) is 11.4 Å². The number of hydrogen-bond acceptors (Lipinski definition) is 5. The third-order valence-electron chi connectivity index (χ3n) is 2.61. The van der Waals surface area contributed by atoms with Gasteiger partial charge in [0.15, 0.2) is 0 Å². The molecule has 1 aromatic heterocycles. The zero-order valence-corrected chi connectivity index (χ0v) is 10.7. The number of carbonyl (C=O) groups excluding carboxylic acids is 1. The predicted octanol–water partition coefficient (Wildman–Crippen LogP) is 1.30. The number of anilines is 2. The predicted molar refractivity (Wildman–Crippen MR) is 67.7 cm³/mol. The number of nitrogens with zero attached hydrogens (tertiary/aromatic N) is 2. The van der Waals surface area contributed by atoms with Crippen molar-refractivity contribution in [3.8, 4) is 0 Å². The first kappa shape index (κ1) is 13.3. The lowest BCUT2D eigenvalue weighted by Gasteiger charge is -2.29. The SMILES string of the molecule is COC(=O)C(C)(C)CN(C)c1ccncc1N. The fourth-order valence-corrected chi connectivity index (χ4v) is 1.77. The molecule has 17 heavy (non-hydrogen) atoms. The Hall–Kier alpha value is -1.78. The third-order valence-corrected chi connectivity index (χ3v) is 2.61. The Labute approximate surface area is 102 Å². The quantitative estimate of drug-likeness (QED) is 0.799. The molecule has 5 heteroatoms. The largest absolute Gasteiger partial charge is 0.469 e. The van der Waals surface area contributed by atoms with Crippen LogP contribution in [0.5, 0.6) is 0 Å². The average Bonchev–Trinajstić information content (AvgIpc) is 2.27. The molecular weight excluding hydrogens is 218 g/mol. The van der Waals surface area contributed by atoms with Gasteiger partial charge in [-0.25, -0.2) is 0 Å². The van der Waals surface area contributed by atoms with E-state index in [1.807, 2.05) is 31.9 Å². The van der Waals surface area contributed by atoms with Crippen LogP contribution in [-0.2, 0) is 9.53 Å². The van der Waals surface area contributed by atoms with Crippen LogP contribution in [0.3, 0.4) is 0 Å². The van der Waals surface area contributed by atoms with Crippen LogP contribution >= 0.6 is 0 Å². The first-order chi connectivity index (χ1) is 7.88. The molecule has 0 unspecified atom stereocenters. The van der Waals surface area contributed by atoms with Crippen molar-refractivity contribution in [2.75, 3.05) is 31.3 Å². The highest BCUT2D eigenvalue weighted by Gasteiger charge is 2.30. The molecule has 0 radical (unpaired) electrons. The summed E-state index contributed by atoms with van der Waals surface area (Å²) in [5.74, 6) is -0.239. The molecule has 1 rings (SSSR count).